The first-order chi connectivity index (χ1) is 7.66. The molecule has 2 nitrogen and oxygen atoms in total. The summed E-state index contributed by atoms with van der Waals surface area (Å²) >= 11 is 3.39. The Morgan fingerprint density at radius 1 is 1.31 bits per heavy atom. The molecule has 0 saturated carbocycles. The third-order valence-corrected chi connectivity index (χ3v) is 4.78. The molecule has 16 heavy (non-hydrogen) atoms. The first-order valence-electron chi connectivity index (χ1n) is 5.11. The number of nitrogens with two attached hydrogens (primary N) is 1. The molecule has 0 fully saturated rings. The topological polar surface area (TPSA) is 38.9 Å². The van der Waals surface area contributed by atoms with E-state index in [4.69, 9.17) is 5.73 Å². The Bertz CT molecular complexity index is 465. The van der Waals surface area contributed by atoms with Crippen LogP contribution in [-0.2, 0) is 0 Å². The van der Waals surface area contributed by atoms with E-state index in [0.717, 1.165) is 5.69 Å². The van der Waals surface area contributed by atoms with E-state index in [2.05, 4.69) is 36.2 Å². The number of rotatable bonds is 3. The highest BCUT2D eigenvalue weighted by atomic mass is 32.2. The summed E-state index contributed by atoms with van der Waals surface area (Å²) in [5.74, 6) is 0. The molecule has 0 bridgehead atoms. The lowest BCUT2D eigenvalue weighted by atomic mass is 10.2. The van der Waals surface area contributed by atoms with Gasteiger partial charge in [-0.2, -0.15) is 0 Å². The maximum Gasteiger partial charge on any atom is 0.181 e. The van der Waals surface area contributed by atoms with Gasteiger partial charge in [-0.25, -0.2) is 4.98 Å². The van der Waals surface area contributed by atoms with Crippen molar-refractivity contribution in [1.29, 1.82) is 0 Å². The molecule has 0 aliphatic carbocycles. The normalized spacial score (nSPS) is 12.6. The van der Waals surface area contributed by atoms with Gasteiger partial charge >= 0.3 is 0 Å². The lowest BCUT2D eigenvalue weighted by molar-refractivity contribution is 1.09. The molecule has 0 aliphatic rings. The minimum Gasteiger partial charge on any atom is -0.375 e. The molecule has 1 aromatic carbocycles. The molecule has 84 valence electrons. The first kappa shape index (κ1) is 11.5. The van der Waals surface area contributed by atoms with E-state index in [1.165, 1.54) is 9.77 Å². The van der Waals surface area contributed by atoms with Gasteiger partial charge in [-0.1, -0.05) is 41.7 Å². The van der Waals surface area contributed by atoms with Crippen molar-refractivity contribution in [2.75, 3.05) is 5.73 Å². The van der Waals surface area contributed by atoms with Crippen molar-refractivity contribution < 1.29 is 0 Å². The number of nitrogen functional groups attached to an aromatic ring is 1. The molecule has 1 atom stereocenters. The number of thioether (sulfide) groups is 1. The van der Waals surface area contributed by atoms with Crippen LogP contribution in [0.1, 0.15) is 23.4 Å². The van der Waals surface area contributed by atoms with Crippen LogP contribution in [0.3, 0.4) is 0 Å². The van der Waals surface area contributed by atoms with Gasteiger partial charge in [0.2, 0.25) is 0 Å². The van der Waals surface area contributed by atoms with E-state index in [0.29, 0.717) is 10.4 Å². The third kappa shape index (κ3) is 2.57. The monoisotopic (exact) mass is 250 g/mol. The van der Waals surface area contributed by atoms with E-state index in [9.17, 15) is 0 Å². The fourth-order valence-electron chi connectivity index (χ4n) is 1.46. The van der Waals surface area contributed by atoms with Crippen molar-refractivity contribution in [3.05, 3.63) is 41.6 Å². The number of aryl methyl sites for hydroxylation is 1. The van der Waals surface area contributed by atoms with Gasteiger partial charge in [0.05, 0.1) is 9.90 Å². The van der Waals surface area contributed by atoms with Crippen LogP contribution in [0.5, 0.6) is 0 Å². The van der Waals surface area contributed by atoms with Crippen molar-refractivity contribution in [2.24, 2.45) is 0 Å². The quantitative estimate of drug-likeness (QED) is 0.840. The molecule has 1 unspecified atom stereocenters. The SMILES string of the molecule is Cc1nc(N)sc1SC(C)c1ccccc1. The molecule has 2 aromatic rings. The van der Waals surface area contributed by atoms with E-state index < -0.39 is 0 Å². The first-order valence-corrected chi connectivity index (χ1v) is 6.81. The summed E-state index contributed by atoms with van der Waals surface area (Å²) in [6.45, 7) is 4.21. The van der Waals surface area contributed by atoms with E-state index >= 15 is 0 Å². The zero-order valence-electron chi connectivity index (χ0n) is 9.31. The van der Waals surface area contributed by atoms with Crippen LogP contribution in [0.4, 0.5) is 5.13 Å². The molecule has 0 amide bonds. The number of thiazole rings is 1. The van der Waals surface area contributed by atoms with Crippen LogP contribution < -0.4 is 5.73 Å². The molecular weight excluding hydrogens is 236 g/mol. The smallest absolute Gasteiger partial charge is 0.181 e. The Morgan fingerprint density at radius 2 is 2.00 bits per heavy atom. The van der Waals surface area contributed by atoms with Crippen LogP contribution in [-0.4, -0.2) is 4.98 Å². The van der Waals surface area contributed by atoms with Crippen molar-refractivity contribution in [2.45, 2.75) is 23.3 Å². The third-order valence-electron chi connectivity index (χ3n) is 2.32. The van der Waals surface area contributed by atoms with E-state index in [1.807, 2.05) is 24.8 Å². The molecule has 0 radical (unpaired) electrons. The predicted octanol–water partition coefficient (Wildman–Crippen LogP) is 3.89. The number of benzene rings is 1. The average Bonchev–Trinajstić information content (AvgIpc) is 2.59. The summed E-state index contributed by atoms with van der Waals surface area (Å²) in [5.41, 5.74) is 8.06. The van der Waals surface area contributed by atoms with Crippen LogP contribution in [0.15, 0.2) is 34.5 Å². The lowest BCUT2D eigenvalue weighted by Crippen LogP contribution is -1.87. The molecule has 1 heterocycles. The highest BCUT2D eigenvalue weighted by molar-refractivity contribution is 8.01. The largest absolute Gasteiger partial charge is 0.375 e. The van der Waals surface area contributed by atoms with Crippen molar-refractivity contribution in [3.63, 3.8) is 0 Å². The minimum atomic E-state index is 0.430. The van der Waals surface area contributed by atoms with Gasteiger partial charge < -0.3 is 5.73 Å². The Morgan fingerprint density at radius 3 is 2.56 bits per heavy atom. The van der Waals surface area contributed by atoms with Gasteiger partial charge in [-0.05, 0) is 19.4 Å². The van der Waals surface area contributed by atoms with Gasteiger partial charge in [0.15, 0.2) is 5.13 Å². The number of nitrogens with zero attached hydrogens (tertiary/aromatic N) is 1. The Labute approximate surface area is 104 Å². The summed E-state index contributed by atoms with van der Waals surface area (Å²) in [6, 6.07) is 10.5. The molecule has 1 aromatic heterocycles. The van der Waals surface area contributed by atoms with E-state index in [-0.39, 0.29) is 0 Å². The van der Waals surface area contributed by atoms with Crippen molar-refractivity contribution in [1.82, 2.24) is 4.98 Å². The maximum absolute atomic E-state index is 5.69. The molecule has 0 saturated heterocycles. The Hall–Kier alpha value is -1.00. The average molecular weight is 250 g/mol. The van der Waals surface area contributed by atoms with Gasteiger partial charge in [0.1, 0.15) is 0 Å². The molecule has 4 heteroatoms. The Kier molecular flexibility index (Phi) is 3.51. The van der Waals surface area contributed by atoms with Crippen molar-refractivity contribution >= 4 is 28.2 Å². The van der Waals surface area contributed by atoms with Crippen LogP contribution in [0.2, 0.25) is 0 Å². The fraction of sp³-hybridized carbons (Fsp3) is 0.250. The molecule has 2 rings (SSSR count). The Balaban J connectivity index is 2.14. The molecular formula is C12H14N2S2. The second-order valence-electron chi connectivity index (χ2n) is 3.60. The summed E-state index contributed by atoms with van der Waals surface area (Å²) in [6.07, 6.45) is 0. The van der Waals surface area contributed by atoms with Crippen molar-refractivity contribution in [3.8, 4) is 0 Å². The van der Waals surface area contributed by atoms with Gasteiger partial charge in [0.25, 0.3) is 0 Å². The standard InChI is InChI=1S/C12H14N2S2/c1-8-11(16-12(13)14-8)15-9(2)10-6-4-3-5-7-10/h3-7,9H,1-2H3,(H2,13,14). The predicted molar refractivity (Wildman–Crippen MR) is 72.0 cm³/mol. The number of anilines is 1. The van der Waals surface area contributed by atoms with Crippen LogP contribution in [0.25, 0.3) is 0 Å². The summed E-state index contributed by atoms with van der Waals surface area (Å²) in [4.78, 5) is 4.23. The van der Waals surface area contributed by atoms with Gasteiger partial charge in [-0.3, -0.25) is 0 Å². The van der Waals surface area contributed by atoms with Crippen LogP contribution >= 0.6 is 23.1 Å². The van der Waals surface area contributed by atoms with Gasteiger partial charge in [-0.15, -0.1) is 11.8 Å². The molecule has 0 spiro atoms. The van der Waals surface area contributed by atoms with E-state index in [1.54, 1.807) is 11.3 Å². The molecule has 0 aliphatic heterocycles. The highest BCUT2D eigenvalue weighted by Gasteiger charge is 2.12. The number of hydrogen-bond donors (Lipinski definition) is 1. The zero-order valence-corrected chi connectivity index (χ0v) is 10.9. The maximum atomic E-state index is 5.69. The fourth-order valence-corrected chi connectivity index (χ4v) is 3.74. The number of aromatic nitrogens is 1. The molecule has 2 N–H and O–H groups in total. The second kappa shape index (κ2) is 4.89. The lowest BCUT2D eigenvalue weighted by Gasteiger charge is -2.09. The van der Waals surface area contributed by atoms with Crippen LogP contribution in [0, 0.1) is 6.92 Å². The number of hydrogen-bond acceptors (Lipinski definition) is 4. The van der Waals surface area contributed by atoms with Gasteiger partial charge in [0, 0.05) is 5.25 Å². The second-order valence-corrected chi connectivity index (χ2v) is 6.24. The summed E-state index contributed by atoms with van der Waals surface area (Å²) < 4.78 is 1.22. The minimum absolute atomic E-state index is 0.430. The summed E-state index contributed by atoms with van der Waals surface area (Å²) in [5, 5.41) is 1.08. The summed E-state index contributed by atoms with van der Waals surface area (Å²) in [7, 11) is 0. The highest BCUT2D eigenvalue weighted by Crippen LogP contribution is 2.40. The zero-order chi connectivity index (χ0) is 11.5.